The van der Waals surface area contributed by atoms with Crippen LogP contribution in [0.2, 0.25) is 0 Å². The van der Waals surface area contributed by atoms with Crippen molar-refractivity contribution in [2.24, 2.45) is 0 Å². The number of hydrogen-bond donors (Lipinski definition) is 1. The van der Waals surface area contributed by atoms with Crippen LogP contribution in [0.1, 0.15) is 39.0 Å². The molecule has 5 nitrogen and oxygen atoms in total. The summed E-state index contributed by atoms with van der Waals surface area (Å²) < 4.78 is 13.1. The summed E-state index contributed by atoms with van der Waals surface area (Å²) in [7, 11) is 0. The van der Waals surface area contributed by atoms with Gasteiger partial charge >= 0.3 is 12.1 Å². The lowest BCUT2D eigenvalue weighted by molar-refractivity contribution is -0.138. The molecular weight excluding hydrogens is 270 g/mol. The third-order valence-electron chi connectivity index (χ3n) is 3.65. The maximum absolute atomic E-state index is 12.3. The zero-order valence-electron chi connectivity index (χ0n) is 12.9. The zero-order valence-corrected chi connectivity index (χ0v) is 11.9. The Bertz CT molecular complexity index is 502. The van der Waals surface area contributed by atoms with E-state index >= 15 is 0 Å². The molecule has 0 aromatic heterocycles. The second-order valence-electron chi connectivity index (χ2n) is 5.23. The Hall–Kier alpha value is -2.04. The van der Waals surface area contributed by atoms with Crippen LogP contribution in [0.3, 0.4) is 0 Å². The fourth-order valence-corrected chi connectivity index (χ4v) is 2.60. The summed E-state index contributed by atoms with van der Waals surface area (Å²) in [6.07, 6.45) is 3.93. The first-order valence-corrected chi connectivity index (χ1v) is 7.24. The molecule has 2 rings (SSSR count). The highest BCUT2D eigenvalue weighted by atomic mass is 16.6. The van der Waals surface area contributed by atoms with Crippen molar-refractivity contribution in [3.63, 3.8) is 0 Å². The molecule has 1 N–H and O–H groups in total. The summed E-state index contributed by atoms with van der Waals surface area (Å²) in [5.41, 5.74) is 0.565. The Kier molecular flexibility index (Phi) is 5.08. The molecule has 1 aromatic rings. The number of carboxylic acids is 1. The zero-order chi connectivity index (χ0) is 15.9. The van der Waals surface area contributed by atoms with E-state index in [4.69, 9.17) is 11.2 Å². The molecule has 1 amide bonds. The van der Waals surface area contributed by atoms with Gasteiger partial charge in [-0.1, -0.05) is 49.6 Å². The molecule has 1 unspecified atom stereocenters. The van der Waals surface area contributed by atoms with Crippen LogP contribution in [0.15, 0.2) is 30.3 Å². The molecule has 1 aliphatic carbocycles. The Morgan fingerprint density at radius 3 is 2.52 bits per heavy atom. The average Bonchev–Trinajstić information content (AvgIpc) is 2.54. The van der Waals surface area contributed by atoms with E-state index in [0.29, 0.717) is 5.56 Å². The summed E-state index contributed by atoms with van der Waals surface area (Å²) in [6.45, 7) is -1.53. The van der Waals surface area contributed by atoms with E-state index in [2.05, 4.69) is 0 Å². The van der Waals surface area contributed by atoms with Gasteiger partial charge in [-0.25, -0.2) is 4.79 Å². The first-order valence-electron chi connectivity index (χ1n) is 7.82. The highest BCUT2D eigenvalue weighted by Crippen LogP contribution is 2.23. The normalized spacial score (nSPS) is 17.6. The monoisotopic (exact) mass is 292 g/mol. The van der Waals surface area contributed by atoms with Gasteiger partial charge in [0.25, 0.3) is 0 Å². The van der Waals surface area contributed by atoms with E-state index in [-0.39, 0.29) is 12.6 Å². The number of rotatable bonds is 5. The SMILES string of the molecule is [2H]C(OC(=O)N(CC(=O)O)C1CCCCC1)c1ccccc1. The molecule has 0 heterocycles. The van der Waals surface area contributed by atoms with Crippen molar-refractivity contribution in [3.05, 3.63) is 35.9 Å². The predicted molar refractivity (Wildman–Crippen MR) is 77.8 cm³/mol. The summed E-state index contributed by atoms with van der Waals surface area (Å²) in [6, 6.07) is 8.64. The quantitative estimate of drug-likeness (QED) is 0.905. The molecule has 1 fully saturated rings. The molecule has 1 aliphatic rings. The van der Waals surface area contributed by atoms with Crippen molar-refractivity contribution in [2.75, 3.05) is 6.54 Å². The van der Waals surface area contributed by atoms with Crippen LogP contribution < -0.4 is 0 Å². The minimum absolute atomic E-state index is 0.111. The van der Waals surface area contributed by atoms with E-state index in [1.165, 1.54) is 4.90 Å². The smallest absolute Gasteiger partial charge is 0.410 e. The molecule has 1 aromatic carbocycles. The summed E-state index contributed by atoms with van der Waals surface area (Å²) in [4.78, 5) is 24.6. The lowest BCUT2D eigenvalue weighted by Crippen LogP contribution is -2.44. The van der Waals surface area contributed by atoms with Gasteiger partial charge in [-0.2, -0.15) is 0 Å². The fraction of sp³-hybridized carbons (Fsp3) is 0.500. The van der Waals surface area contributed by atoms with Gasteiger partial charge in [0.15, 0.2) is 0 Å². The number of nitrogens with zero attached hydrogens (tertiary/aromatic N) is 1. The number of carboxylic acid groups (broad SMARTS) is 1. The highest BCUT2D eigenvalue weighted by Gasteiger charge is 2.28. The summed E-state index contributed by atoms with van der Waals surface area (Å²) in [5.74, 6) is -1.07. The molecule has 0 bridgehead atoms. The van der Waals surface area contributed by atoms with Gasteiger partial charge in [0.05, 0.1) is 1.37 Å². The third kappa shape index (κ3) is 4.77. The molecule has 0 saturated heterocycles. The van der Waals surface area contributed by atoms with Gasteiger partial charge in [-0.05, 0) is 18.4 Å². The molecule has 114 valence electrons. The second-order valence-corrected chi connectivity index (χ2v) is 5.23. The molecule has 21 heavy (non-hydrogen) atoms. The van der Waals surface area contributed by atoms with E-state index in [0.717, 1.165) is 32.1 Å². The van der Waals surface area contributed by atoms with Crippen LogP contribution in [0.4, 0.5) is 4.79 Å². The fourth-order valence-electron chi connectivity index (χ4n) is 2.60. The van der Waals surface area contributed by atoms with Crippen molar-refractivity contribution in [2.45, 2.75) is 44.7 Å². The number of carbonyl (C=O) groups is 2. The molecule has 1 atom stereocenters. The molecule has 0 spiro atoms. The topological polar surface area (TPSA) is 66.8 Å². The molecule has 0 aliphatic heterocycles. The molecule has 1 saturated carbocycles. The average molecular weight is 292 g/mol. The van der Waals surface area contributed by atoms with Gasteiger partial charge in [0, 0.05) is 6.04 Å². The van der Waals surface area contributed by atoms with Crippen LogP contribution in [0.25, 0.3) is 0 Å². The van der Waals surface area contributed by atoms with Crippen LogP contribution in [-0.4, -0.2) is 34.7 Å². The van der Waals surface area contributed by atoms with Gasteiger partial charge in [0.2, 0.25) is 0 Å². The number of hydrogen-bond acceptors (Lipinski definition) is 3. The van der Waals surface area contributed by atoms with Crippen LogP contribution in [0, 0.1) is 0 Å². The van der Waals surface area contributed by atoms with Crippen LogP contribution in [0.5, 0.6) is 0 Å². The van der Waals surface area contributed by atoms with E-state index < -0.39 is 18.6 Å². The van der Waals surface area contributed by atoms with Gasteiger partial charge in [-0.3, -0.25) is 9.69 Å². The first-order chi connectivity index (χ1) is 10.6. The van der Waals surface area contributed by atoms with Crippen molar-refractivity contribution in [1.29, 1.82) is 0 Å². The third-order valence-corrected chi connectivity index (χ3v) is 3.65. The Morgan fingerprint density at radius 2 is 1.90 bits per heavy atom. The number of amides is 1. The first kappa shape index (κ1) is 13.9. The number of benzene rings is 1. The largest absolute Gasteiger partial charge is 0.480 e. The van der Waals surface area contributed by atoms with E-state index in [9.17, 15) is 9.59 Å². The van der Waals surface area contributed by atoms with Gasteiger partial charge in [0.1, 0.15) is 13.1 Å². The molecule has 0 radical (unpaired) electrons. The van der Waals surface area contributed by atoms with Gasteiger partial charge in [-0.15, -0.1) is 0 Å². The minimum atomic E-state index is -1.14. The lowest BCUT2D eigenvalue weighted by atomic mass is 9.94. The Labute approximate surface area is 125 Å². The van der Waals surface area contributed by atoms with Gasteiger partial charge < -0.3 is 9.84 Å². The lowest BCUT2D eigenvalue weighted by Gasteiger charge is -2.32. The summed E-state index contributed by atoms with van der Waals surface area (Å²) >= 11 is 0. The minimum Gasteiger partial charge on any atom is -0.480 e. The molecular formula is C16H21NO4. The van der Waals surface area contributed by atoms with Crippen LogP contribution >= 0.6 is 0 Å². The van der Waals surface area contributed by atoms with Crippen molar-refractivity contribution in [1.82, 2.24) is 4.90 Å². The van der Waals surface area contributed by atoms with Crippen LogP contribution in [-0.2, 0) is 16.1 Å². The number of carbonyl (C=O) groups excluding carboxylic acids is 1. The van der Waals surface area contributed by atoms with Crippen molar-refractivity contribution >= 4 is 12.1 Å². The number of ether oxygens (including phenoxy) is 1. The predicted octanol–water partition coefficient (Wildman–Crippen LogP) is 3.04. The summed E-state index contributed by atoms with van der Waals surface area (Å²) in [5, 5.41) is 9.02. The van der Waals surface area contributed by atoms with E-state index in [1.807, 2.05) is 6.07 Å². The van der Waals surface area contributed by atoms with Crippen molar-refractivity contribution < 1.29 is 20.8 Å². The highest BCUT2D eigenvalue weighted by molar-refractivity contribution is 5.77. The number of aliphatic carboxylic acids is 1. The second kappa shape index (κ2) is 7.67. The van der Waals surface area contributed by atoms with Crippen molar-refractivity contribution in [3.8, 4) is 0 Å². The standard InChI is InChI=1S/C16H21NO4/c18-15(19)11-17(14-9-5-2-6-10-14)16(20)21-12-13-7-3-1-4-8-13/h1,3-4,7-8,14H,2,5-6,9-12H2,(H,18,19)/i12D. The maximum Gasteiger partial charge on any atom is 0.410 e. The maximum atomic E-state index is 12.3. The molecule has 5 heteroatoms. The van der Waals surface area contributed by atoms with E-state index in [1.54, 1.807) is 24.3 Å². The Balaban J connectivity index is 2.03. The Morgan fingerprint density at radius 1 is 1.24 bits per heavy atom.